The highest BCUT2D eigenvalue weighted by atomic mass is 16.4. The molecule has 1 heterocycles. The second kappa shape index (κ2) is 6.94. The Hall–Kier alpha value is -1.82. The number of nitrogens with zero attached hydrogens (tertiary/aromatic N) is 2. The molecule has 0 unspecified atom stereocenters. The third-order valence-electron chi connectivity index (χ3n) is 2.73. The summed E-state index contributed by atoms with van der Waals surface area (Å²) in [5, 5.41) is 8.57. The molecule has 6 nitrogen and oxygen atoms in total. The van der Waals surface area contributed by atoms with Crippen LogP contribution in [0, 0.1) is 6.92 Å². The van der Waals surface area contributed by atoms with E-state index in [1.165, 1.54) is 0 Å². The van der Waals surface area contributed by atoms with Gasteiger partial charge in [-0.15, -0.1) is 0 Å². The van der Waals surface area contributed by atoms with Crippen LogP contribution in [0.25, 0.3) is 0 Å². The summed E-state index contributed by atoms with van der Waals surface area (Å²) < 4.78 is 5.40. The van der Waals surface area contributed by atoms with Crippen molar-refractivity contribution < 1.29 is 19.1 Å². The average Bonchev–Trinajstić information content (AvgIpc) is 2.72. The van der Waals surface area contributed by atoms with Crippen LogP contribution in [0.4, 0.5) is 0 Å². The Morgan fingerprint density at radius 3 is 2.53 bits per heavy atom. The van der Waals surface area contributed by atoms with Crippen LogP contribution < -0.4 is 0 Å². The number of carbonyl (C=O) groups is 2. The van der Waals surface area contributed by atoms with Crippen LogP contribution in [0.1, 0.15) is 17.9 Å². The van der Waals surface area contributed by atoms with E-state index in [-0.39, 0.29) is 18.9 Å². The Morgan fingerprint density at radius 2 is 2.00 bits per heavy atom. The molecule has 0 aliphatic rings. The molecule has 0 fully saturated rings. The van der Waals surface area contributed by atoms with Crippen molar-refractivity contribution in [2.45, 2.75) is 19.9 Å². The standard InChI is InChI=1S/C13H20N2O4/c1-10-4-5-11(19-10)8-15(3)12(16)9-14(2)7-6-13(17)18/h4-5H,6-9H2,1-3H3,(H,17,18). The molecule has 1 rings (SSSR count). The van der Waals surface area contributed by atoms with Crippen LogP contribution in [0.15, 0.2) is 16.5 Å². The number of aryl methyl sites for hydroxylation is 1. The van der Waals surface area contributed by atoms with Gasteiger partial charge < -0.3 is 14.4 Å². The molecule has 0 radical (unpaired) electrons. The maximum atomic E-state index is 11.9. The third-order valence-corrected chi connectivity index (χ3v) is 2.73. The molecule has 1 aromatic heterocycles. The zero-order valence-electron chi connectivity index (χ0n) is 11.5. The van der Waals surface area contributed by atoms with Crippen LogP contribution in [0.2, 0.25) is 0 Å². The van der Waals surface area contributed by atoms with Gasteiger partial charge >= 0.3 is 5.97 Å². The van der Waals surface area contributed by atoms with Gasteiger partial charge in [-0.1, -0.05) is 0 Å². The molecule has 19 heavy (non-hydrogen) atoms. The van der Waals surface area contributed by atoms with E-state index in [9.17, 15) is 9.59 Å². The summed E-state index contributed by atoms with van der Waals surface area (Å²) in [6, 6.07) is 3.69. The predicted molar refractivity (Wildman–Crippen MR) is 69.7 cm³/mol. The fourth-order valence-corrected chi connectivity index (χ4v) is 1.61. The molecule has 0 spiro atoms. The minimum atomic E-state index is -0.862. The molecule has 0 atom stereocenters. The van der Waals surface area contributed by atoms with E-state index in [1.54, 1.807) is 23.9 Å². The lowest BCUT2D eigenvalue weighted by Gasteiger charge is -2.20. The van der Waals surface area contributed by atoms with Crippen molar-refractivity contribution in [1.82, 2.24) is 9.80 Å². The van der Waals surface area contributed by atoms with Crippen molar-refractivity contribution in [3.8, 4) is 0 Å². The quantitative estimate of drug-likeness (QED) is 0.797. The number of carboxylic acids is 1. The Kier molecular flexibility index (Phi) is 5.57. The lowest BCUT2D eigenvalue weighted by molar-refractivity contribution is -0.138. The highest BCUT2D eigenvalue weighted by molar-refractivity contribution is 5.78. The van der Waals surface area contributed by atoms with Gasteiger partial charge in [0.1, 0.15) is 11.5 Å². The zero-order valence-corrected chi connectivity index (χ0v) is 11.5. The maximum Gasteiger partial charge on any atom is 0.304 e. The fraction of sp³-hybridized carbons (Fsp3) is 0.538. The smallest absolute Gasteiger partial charge is 0.304 e. The van der Waals surface area contributed by atoms with Crippen molar-refractivity contribution in [3.63, 3.8) is 0 Å². The first-order chi connectivity index (χ1) is 8.88. The minimum Gasteiger partial charge on any atom is -0.481 e. The van der Waals surface area contributed by atoms with Crippen LogP contribution in [-0.4, -0.2) is 54.0 Å². The van der Waals surface area contributed by atoms with E-state index >= 15 is 0 Å². The zero-order chi connectivity index (χ0) is 14.4. The van der Waals surface area contributed by atoms with Crippen molar-refractivity contribution in [2.75, 3.05) is 27.2 Å². The molecule has 0 bridgehead atoms. The summed E-state index contributed by atoms with van der Waals surface area (Å²) in [6.45, 7) is 2.82. The van der Waals surface area contributed by atoms with E-state index < -0.39 is 5.97 Å². The number of hydrogen-bond acceptors (Lipinski definition) is 4. The monoisotopic (exact) mass is 268 g/mol. The Labute approximate surface area is 112 Å². The van der Waals surface area contributed by atoms with Gasteiger partial charge in [0.2, 0.25) is 5.91 Å². The average molecular weight is 268 g/mol. The number of furan rings is 1. The molecule has 0 aromatic carbocycles. The molecule has 0 aliphatic heterocycles. The van der Waals surface area contributed by atoms with Gasteiger partial charge in [-0.2, -0.15) is 0 Å². The molecule has 1 N–H and O–H groups in total. The van der Waals surface area contributed by atoms with Gasteiger partial charge in [0.05, 0.1) is 19.5 Å². The lowest BCUT2D eigenvalue weighted by atomic mass is 10.3. The second-order valence-corrected chi connectivity index (χ2v) is 4.64. The van der Waals surface area contributed by atoms with Gasteiger partial charge in [0.15, 0.2) is 0 Å². The molecular formula is C13H20N2O4. The Balaban J connectivity index is 2.37. The van der Waals surface area contributed by atoms with Crippen molar-refractivity contribution in [2.24, 2.45) is 0 Å². The second-order valence-electron chi connectivity index (χ2n) is 4.64. The summed E-state index contributed by atoms with van der Waals surface area (Å²) in [7, 11) is 3.43. The summed E-state index contributed by atoms with van der Waals surface area (Å²) in [5.41, 5.74) is 0. The van der Waals surface area contributed by atoms with E-state index in [2.05, 4.69) is 0 Å². The first-order valence-electron chi connectivity index (χ1n) is 6.08. The molecule has 0 saturated heterocycles. The highest BCUT2D eigenvalue weighted by Crippen LogP contribution is 2.08. The topological polar surface area (TPSA) is 74.0 Å². The Morgan fingerprint density at radius 1 is 1.32 bits per heavy atom. The number of aliphatic carboxylic acids is 1. The third kappa shape index (κ3) is 5.56. The van der Waals surface area contributed by atoms with Crippen molar-refractivity contribution in [1.29, 1.82) is 0 Å². The minimum absolute atomic E-state index is 0.0326. The van der Waals surface area contributed by atoms with E-state index in [0.29, 0.717) is 13.1 Å². The molecule has 0 aliphatic carbocycles. The molecular weight excluding hydrogens is 248 g/mol. The largest absolute Gasteiger partial charge is 0.481 e. The lowest BCUT2D eigenvalue weighted by Crippen LogP contribution is -2.37. The van der Waals surface area contributed by atoms with Crippen molar-refractivity contribution >= 4 is 11.9 Å². The summed E-state index contributed by atoms with van der Waals surface area (Å²) >= 11 is 0. The molecule has 1 aromatic rings. The van der Waals surface area contributed by atoms with Crippen LogP contribution in [0.5, 0.6) is 0 Å². The van der Waals surface area contributed by atoms with E-state index in [1.807, 2.05) is 19.1 Å². The summed E-state index contributed by atoms with van der Waals surface area (Å²) in [6.07, 6.45) is 0.0326. The highest BCUT2D eigenvalue weighted by Gasteiger charge is 2.14. The summed E-state index contributed by atoms with van der Waals surface area (Å²) in [5.74, 6) is 0.622. The van der Waals surface area contributed by atoms with Crippen LogP contribution in [-0.2, 0) is 16.1 Å². The fourth-order valence-electron chi connectivity index (χ4n) is 1.61. The molecule has 106 valence electrons. The van der Waals surface area contributed by atoms with Gasteiger partial charge in [-0.05, 0) is 26.1 Å². The number of hydrogen-bond donors (Lipinski definition) is 1. The normalized spacial score (nSPS) is 10.7. The number of rotatable bonds is 7. The van der Waals surface area contributed by atoms with Gasteiger partial charge in [-0.3, -0.25) is 14.5 Å². The van der Waals surface area contributed by atoms with E-state index in [4.69, 9.17) is 9.52 Å². The number of carboxylic acid groups (broad SMARTS) is 1. The first-order valence-corrected chi connectivity index (χ1v) is 6.08. The van der Waals surface area contributed by atoms with Gasteiger partial charge in [0.25, 0.3) is 0 Å². The number of likely N-dealkylation sites (N-methyl/N-ethyl adjacent to an activating group) is 2. The molecule has 0 saturated carbocycles. The summed E-state index contributed by atoms with van der Waals surface area (Å²) in [4.78, 5) is 25.6. The molecule has 1 amide bonds. The maximum absolute atomic E-state index is 11.9. The first kappa shape index (κ1) is 15.2. The Bertz CT molecular complexity index is 442. The molecule has 6 heteroatoms. The van der Waals surface area contributed by atoms with Gasteiger partial charge in [0, 0.05) is 13.6 Å². The number of carbonyl (C=O) groups excluding carboxylic acids is 1. The number of amides is 1. The van der Waals surface area contributed by atoms with Gasteiger partial charge in [-0.25, -0.2) is 0 Å². The van der Waals surface area contributed by atoms with E-state index in [0.717, 1.165) is 11.5 Å². The predicted octanol–water partition coefficient (Wildman–Crippen LogP) is 0.953. The van der Waals surface area contributed by atoms with Crippen LogP contribution >= 0.6 is 0 Å². The van der Waals surface area contributed by atoms with Crippen LogP contribution in [0.3, 0.4) is 0 Å². The SMILES string of the molecule is Cc1ccc(CN(C)C(=O)CN(C)CCC(=O)O)o1. The van der Waals surface area contributed by atoms with Crippen molar-refractivity contribution in [3.05, 3.63) is 23.7 Å².